The van der Waals surface area contributed by atoms with Crippen molar-refractivity contribution < 1.29 is 4.79 Å². The number of benzene rings is 2. The van der Waals surface area contributed by atoms with E-state index < -0.39 is 5.54 Å². The summed E-state index contributed by atoms with van der Waals surface area (Å²) in [6.07, 6.45) is 0.930. The van der Waals surface area contributed by atoms with E-state index in [4.69, 9.17) is 0 Å². The van der Waals surface area contributed by atoms with Crippen LogP contribution in [0.2, 0.25) is 0 Å². The standard InChI is InChI=1S/C20H19N3O/c1-12-7-8-16-14(11-12)13-9-10-21-20(18(13)22-16)15-5-3-4-6-17(15)23(2)19(20)24/h3-8,11,21-22H,9-10H2,1-2H3/t20-/m1/s1. The summed E-state index contributed by atoms with van der Waals surface area (Å²) in [6.45, 7) is 2.90. The van der Waals surface area contributed by atoms with Crippen LogP contribution in [0.15, 0.2) is 42.5 Å². The van der Waals surface area contributed by atoms with Gasteiger partial charge in [0.1, 0.15) is 0 Å². The van der Waals surface area contributed by atoms with Crippen LogP contribution >= 0.6 is 0 Å². The van der Waals surface area contributed by atoms with Crippen LogP contribution in [-0.2, 0) is 16.8 Å². The Balaban J connectivity index is 1.87. The topological polar surface area (TPSA) is 48.1 Å². The molecule has 0 aliphatic carbocycles. The average Bonchev–Trinajstić information content (AvgIpc) is 3.07. The van der Waals surface area contributed by atoms with Crippen molar-refractivity contribution in [2.24, 2.45) is 0 Å². The maximum Gasteiger partial charge on any atom is 0.257 e. The van der Waals surface area contributed by atoms with Gasteiger partial charge in [-0.2, -0.15) is 0 Å². The van der Waals surface area contributed by atoms with E-state index in [1.165, 1.54) is 16.5 Å². The molecule has 0 radical (unpaired) electrons. The molecule has 24 heavy (non-hydrogen) atoms. The number of carbonyl (C=O) groups is 1. The summed E-state index contributed by atoms with van der Waals surface area (Å²) in [4.78, 5) is 18.6. The Morgan fingerprint density at radius 3 is 2.88 bits per heavy atom. The molecule has 0 bridgehead atoms. The highest BCUT2D eigenvalue weighted by Crippen LogP contribution is 2.47. The predicted molar refractivity (Wildman–Crippen MR) is 95.4 cm³/mol. The number of hydrogen-bond acceptors (Lipinski definition) is 2. The molecule has 0 saturated heterocycles. The van der Waals surface area contributed by atoms with Crippen LogP contribution in [0.25, 0.3) is 10.9 Å². The fraction of sp³-hybridized carbons (Fsp3) is 0.250. The second-order valence-corrected chi connectivity index (χ2v) is 6.84. The molecular weight excluding hydrogens is 298 g/mol. The maximum absolute atomic E-state index is 13.3. The lowest BCUT2D eigenvalue weighted by molar-refractivity contribution is -0.122. The number of H-pyrrole nitrogens is 1. The minimum Gasteiger partial charge on any atom is -0.356 e. The molecule has 1 aromatic heterocycles. The molecule has 120 valence electrons. The number of amides is 1. The zero-order valence-corrected chi connectivity index (χ0v) is 13.8. The van der Waals surface area contributed by atoms with Gasteiger partial charge >= 0.3 is 0 Å². The number of aryl methyl sites for hydroxylation is 1. The van der Waals surface area contributed by atoms with Gasteiger partial charge in [0.15, 0.2) is 5.54 Å². The lowest BCUT2D eigenvalue weighted by atomic mass is 9.82. The van der Waals surface area contributed by atoms with E-state index in [0.29, 0.717) is 0 Å². The highest BCUT2D eigenvalue weighted by atomic mass is 16.2. The van der Waals surface area contributed by atoms with Crippen LogP contribution in [0.3, 0.4) is 0 Å². The molecule has 2 N–H and O–H groups in total. The van der Waals surface area contributed by atoms with E-state index in [-0.39, 0.29) is 5.91 Å². The first-order valence-electron chi connectivity index (χ1n) is 8.37. The summed E-state index contributed by atoms with van der Waals surface area (Å²) >= 11 is 0. The second kappa shape index (κ2) is 4.48. The lowest BCUT2D eigenvalue weighted by Crippen LogP contribution is -2.54. The predicted octanol–water partition coefficient (Wildman–Crippen LogP) is 2.84. The summed E-state index contributed by atoms with van der Waals surface area (Å²) in [6, 6.07) is 14.5. The fourth-order valence-corrected chi connectivity index (χ4v) is 4.38. The fourth-order valence-electron chi connectivity index (χ4n) is 4.38. The molecule has 0 saturated carbocycles. The third-order valence-corrected chi connectivity index (χ3v) is 5.50. The Bertz CT molecular complexity index is 1000. The summed E-state index contributed by atoms with van der Waals surface area (Å²) < 4.78 is 0. The summed E-state index contributed by atoms with van der Waals surface area (Å²) in [5, 5.41) is 4.78. The van der Waals surface area contributed by atoms with E-state index in [1.807, 2.05) is 25.2 Å². The van der Waals surface area contributed by atoms with Crippen LogP contribution in [0.1, 0.15) is 22.4 Å². The molecule has 1 atom stereocenters. The first kappa shape index (κ1) is 13.8. The van der Waals surface area contributed by atoms with Crippen LogP contribution in [0.4, 0.5) is 5.69 Å². The number of rotatable bonds is 0. The number of nitrogens with one attached hydrogen (secondary N) is 2. The number of hydrogen-bond donors (Lipinski definition) is 2. The largest absolute Gasteiger partial charge is 0.356 e. The number of aromatic nitrogens is 1. The van der Waals surface area contributed by atoms with Gasteiger partial charge in [-0.25, -0.2) is 0 Å². The molecule has 3 heterocycles. The zero-order valence-electron chi connectivity index (χ0n) is 13.8. The summed E-state index contributed by atoms with van der Waals surface area (Å²) in [7, 11) is 1.86. The molecule has 4 nitrogen and oxygen atoms in total. The summed E-state index contributed by atoms with van der Waals surface area (Å²) in [5.74, 6) is 0.0907. The van der Waals surface area contributed by atoms with Crippen molar-refractivity contribution >= 4 is 22.5 Å². The number of carbonyl (C=O) groups excluding carboxylic acids is 1. The van der Waals surface area contributed by atoms with Gasteiger partial charge in [0.05, 0.1) is 5.69 Å². The maximum atomic E-state index is 13.3. The smallest absolute Gasteiger partial charge is 0.257 e. The van der Waals surface area contributed by atoms with Gasteiger partial charge in [-0.3, -0.25) is 10.1 Å². The Morgan fingerprint density at radius 1 is 1.17 bits per heavy atom. The molecule has 1 amide bonds. The summed E-state index contributed by atoms with van der Waals surface area (Å²) in [5.41, 5.74) is 5.87. The number of anilines is 1. The quantitative estimate of drug-likeness (QED) is 0.670. The minimum atomic E-state index is -0.786. The van der Waals surface area contributed by atoms with Gasteiger partial charge in [-0.1, -0.05) is 29.8 Å². The molecule has 2 aliphatic heterocycles. The van der Waals surface area contributed by atoms with Crippen molar-refractivity contribution in [3.8, 4) is 0 Å². The monoisotopic (exact) mass is 317 g/mol. The van der Waals surface area contributed by atoms with Crippen molar-refractivity contribution in [3.63, 3.8) is 0 Å². The van der Waals surface area contributed by atoms with Crippen molar-refractivity contribution in [1.29, 1.82) is 0 Å². The van der Waals surface area contributed by atoms with E-state index in [1.54, 1.807) is 4.90 Å². The van der Waals surface area contributed by atoms with Gasteiger partial charge in [0, 0.05) is 35.7 Å². The molecule has 2 aromatic carbocycles. The number of likely N-dealkylation sites (N-methyl/N-ethyl adjacent to an activating group) is 1. The second-order valence-electron chi connectivity index (χ2n) is 6.84. The SMILES string of the molecule is Cc1ccc2[nH]c3c(c2c1)CCN[C@@]31C(=O)N(C)c2ccccc21. The zero-order chi connectivity index (χ0) is 16.5. The van der Waals surface area contributed by atoms with Crippen LogP contribution in [-0.4, -0.2) is 24.5 Å². The molecule has 1 spiro atoms. The van der Waals surface area contributed by atoms with Crippen LogP contribution < -0.4 is 10.2 Å². The normalized spacial score (nSPS) is 22.2. The molecule has 4 heteroatoms. The van der Waals surface area contributed by atoms with Crippen molar-refractivity contribution in [1.82, 2.24) is 10.3 Å². The Hall–Kier alpha value is -2.59. The Kier molecular flexibility index (Phi) is 2.58. The van der Waals surface area contributed by atoms with E-state index in [0.717, 1.165) is 35.4 Å². The van der Waals surface area contributed by atoms with Crippen molar-refractivity contribution in [2.45, 2.75) is 18.9 Å². The van der Waals surface area contributed by atoms with Crippen molar-refractivity contribution in [2.75, 3.05) is 18.5 Å². The molecular formula is C20H19N3O. The van der Waals surface area contributed by atoms with Gasteiger partial charge in [-0.05, 0) is 37.1 Å². The number of fused-ring (bicyclic) bond motifs is 6. The van der Waals surface area contributed by atoms with Crippen LogP contribution in [0, 0.1) is 6.92 Å². The highest BCUT2D eigenvalue weighted by Gasteiger charge is 2.54. The van der Waals surface area contributed by atoms with Crippen molar-refractivity contribution in [3.05, 3.63) is 64.8 Å². The minimum absolute atomic E-state index is 0.0907. The van der Waals surface area contributed by atoms with Crippen LogP contribution in [0.5, 0.6) is 0 Å². The number of para-hydroxylation sites is 1. The highest BCUT2D eigenvalue weighted by molar-refractivity contribution is 6.10. The molecule has 5 rings (SSSR count). The number of nitrogens with zero attached hydrogens (tertiary/aromatic N) is 1. The number of aromatic amines is 1. The Morgan fingerprint density at radius 2 is 2.00 bits per heavy atom. The first-order chi connectivity index (χ1) is 11.6. The average molecular weight is 317 g/mol. The van der Waals surface area contributed by atoms with E-state index in [2.05, 4.69) is 41.5 Å². The van der Waals surface area contributed by atoms with Gasteiger partial charge in [0.25, 0.3) is 5.91 Å². The first-order valence-corrected chi connectivity index (χ1v) is 8.37. The molecule has 0 fully saturated rings. The third kappa shape index (κ3) is 1.49. The molecule has 2 aliphatic rings. The van der Waals surface area contributed by atoms with E-state index in [9.17, 15) is 4.79 Å². The van der Waals surface area contributed by atoms with Gasteiger partial charge < -0.3 is 9.88 Å². The third-order valence-electron chi connectivity index (χ3n) is 5.50. The molecule has 3 aromatic rings. The van der Waals surface area contributed by atoms with E-state index >= 15 is 0 Å². The Labute approximate surface area is 140 Å². The van der Waals surface area contributed by atoms with Gasteiger partial charge in [-0.15, -0.1) is 0 Å². The lowest BCUT2D eigenvalue weighted by Gasteiger charge is -2.33. The van der Waals surface area contributed by atoms with Gasteiger partial charge in [0.2, 0.25) is 0 Å². The molecule has 0 unspecified atom stereocenters.